The van der Waals surface area contributed by atoms with Crippen molar-refractivity contribution in [2.45, 2.75) is 52.1 Å². The van der Waals surface area contributed by atoms with Crippen LogP contribution in [0.2, 0.25) is 0 Å². The molecule has 1 fully saturated rings. The first kappa shape index (κ1) is 16.2. The van der Waals surface area contributed by atoms with Crippen molar-refractivity contribution < 1.29 is 14.1 Å². The normalized spacial score (nSPS) is 14.9. The van der Waals surface area contributed by atoms with Gasteiger partial charge in [-0.1, -0.05) is 12.8 Å². The van der Waals surface area contributed by atoms with E-state index in [1.807, 2.05) is 0 Å². The van der Waals surface area contributed by atoms with Gasteiger partial charge in [-0.15, -0.1) is 0 Å². The highest BCUT2D eigenvalue weighted by atomic mass is 16.6. The molecule has 1 aliphatic rings. The van der Waals surface area contributed by atoms with Crippen LogP contribution in [0.4, 0.5) is 5.69 Å². The summed E-state index contributed by atoms with van der Waals surface area (Å²) in [4.78, 5) is 22.8. The molecule has 0 unspecified atom stereocenters. The Morgan fingerprint density at radius 2 is 2.12 bits per heavy atom. The molecule has 2 aromatic heterocycles. The number of aromatic nitrogens is 2. The lowest BCUT2D eigenvalue weighted by molar-refractivity contribution is -0.386. The summed E-state index contributed by atoms with van der Waals surface area (Å²) in [5, 5.41) is 18.2. The Bertz CT molecular complexity index is 771. The molecular weight excluding hydrogens is 312 g/mol. The fourth-order valence-electron chi connectivity index (χ4n) is 3.16. The van der Waals surface area contributed by atoms with E-state index in [9.17, 15) is 14.9 Å². The molecule has 24 heavy (non-hydrogen) atoms. The highest BCUT2D eigenvalue weighted by molar-refractivity contribution is 5.91. The number of rotatable bonds is 5. The van der Waals surface area contributed by atoms with Crippen molar-refractivity contribution in [1.82, 2.24) is 15.1 Å². The summed E-state index contributed by atoms with van der Waals surface area (Å²) in [7, 11) is 0. The zero-order valence-corrected chi connectivity index (χ0v) is 13.7. The fourth-order valence-corrected chi connectivity index (χ4v) is 3.16. The summed E-state index contributed by atoms with van der Waals surface area (Å²) < 4.78 is 7.10. The van der Waals surface area contributed by atoms with Gasteiger partial charge in [-0.05, 0) is 38.8 Å². The third-order valence-electron chi connectivity index (χ3n) is 4.41. The van der Waals surface area contributed by atoms with Crippen LogP contribution >= 0.6 is 0 Å². The number of aryl methyl sites for hydroxylation is 1. The molecule has 1 saturated carbocycles. The summed E-state index contributed by atoms with van der Waals surface area (Å²) in [6, 6.07) is 3.55. The minimum atomic E-state index is -0.434. The van der Waals surface area contributed by atoms with Gasteiger partial charge in [0, 0.05) is 6.04 Å². The van der Waals surface area contributed by atoms with Crippen molar-refractivity contribution in [3.05, 3.63) is 45.2 Å². The molecule has 1 amide bonds. The number of carbonyl (C=O) groups is 1. The van der Waals surface area contributed by atoms with Crippen molar-refractivity contribution in [2.75, 3.05) is 0 Å². The second-order valence-corrected chi connectivity index (χ2v) is 6.15. The number of amides is 1. The number of nitrogens with zero attached hydrogens (tertiary/aromatic N) is 3. The molecule has 0 atom stereocenters. The molecule has 2 heterocycles. The number of furan rings is 1. The predicted molar refractivity (Wildman–Crippen MR) is 85.9 cm³/mol. The molecule has 1 aliphatic carbocycles. The zero-order chi connectivity index (χ0) is 17.3. The van der Waals surface area contributed by atoms with Crippen LogP contribution in [-0.4, -0.2) is 26.7 Å². The summed E-state index contributed by atoms with van der Waals surface area (Å²) >= 11 is 0. The second kappa shape index (κ2) is 6.46. The van der Waals surface area contributed by atoms with Gasteiger partial charge in [0.05, 0.1) is 11.5 Å². The lowest BCUT2D eigenvalue weighted by Gasteiger charge is -2.09. The molecule has 0 aliphatic heterocycles. The van der Waals surface area contributed by atoms with E-state index in [0.29, 0.717) is 17.1 Å². The van der Waals surface area contributed by atoms with Gasteiger partial charge in [-0.3, -0.25) is 19.6 Å². The lowest BCUT2D eigenvalue weighted by atomic mass is 10.2. The van der Waals surface area contributed by atoms with E-state index in [1.165, 1.54) is 4.68 Å². The van der Waals surface area contributed by atoms with E-state index in [0.717, 1.165) is 25.7 Å². The fraction of sp³-hybridized carbons (Fsp3) is 0.500. The Morgan fingerprint density at radius 1 is 1.42 bits per heavy atom. The summed E-state index contributed by atoms with van der Waals surface area (Å²) in [5.41, 5.74) is 0.842. The van der Waals surface area contributed by atoms with E-state index < -0.39 is 4.92 Å². The lowest BCUT2D eigenvalue weighted by Crippen LogP contribution is -2.32. The Morgan fingerprint density at radius 3 is 2.75 bits per heavy atom. The van der Waals surface area contributed by atoms with Gasteiger partial charge in [-0.25, -0.2) is 0 Å². The van der Waals surface area contributed by atoms with Gasteiger partial charge >= 0.3 is 5.69 Å². The standard InChI is InChI=1S/C16H20N4O4/c1-10-15(20(22)23)11(2)19(18-10)9-13-7-8-14(24-13)16(21)17-12-5-3-4-6-12/h7-8,12H,3-6,9H2,1-2H3,(H,17,21). The maximum atomic E-state index is 12.2. The Labute approximate surface area is 139 Å². The summed E-state index contributed by atoms with van der Waals surface area (Å²) in [5.74, 6) is 0.576. The Hall–Kier alpha value is -2.64. The Balaban J connectivity index is 1.71. The zero-order valence-electron chi connectivity index (χ0n) is 13.7. The first-order valence-electron chi connectivity index (χ1n) is 8.03. The van der Waals surface area contributed by atoms with Gasteiger partial charge in [0.25, 0.3) is 5.91 Å². The smallest absolute Gasteiger partial charge is 0.312 e. The molecule has 0 radical (unpaired) electrons. The maximum Gasteiger partial charge on any atom is 0.312 e. The minimum Gasteiger partial charge on any atom is -0.454 e. The molecule has 8 nitrogen and oxygen atoms in total. The number of hydrogen-bond acceptors (Lipinski definition) is 5. The van der Waals surface area contributed by atoms with Gasteiger partial charge in [-0.2, -0.15) is 5.10 Å². The average Bonchev–Trinajstić information content (AvgIpc) is 3.22. The molecule has 0 bridgehead atoms. The van der Waals surface area contributed by atoms with E-state index >= 15 is 0 Å². The van der Waals surface area contributed by atoms with Crippen LogP contribution in [0.5, 0.6) is 0 Å². The summed E-state index contributed by atoms with van der Waals surface area (Å²) in [6.45, 7) is 3.50. The SMILES string of the molecule is Cc1nn(Cc2ccc(C(=O)NC3CCCC3)o2)c(C)c1[N+](=O)[O-]. The van der Waals surface area contributed by atoms with E-state index in [4.69, 9.17) is 4.42 Å². The van der Waals surface area contributed by atoms with Gasteiger partial charge < -0.3 is 9.73 Å². The predicted octanol–water partition coefficient (Wildman–Crippen LogP) is 2.72. The number of carbonyl (C=O) groups excluding carboxylic acids is 1. The highest BCUT2D eigenvalue weighted by Gasteiger charge is 2.23. The molecular formula is C16H20N4O4. The van der Waals surface area contributed by atoms with Crippen molar-refractivity contribution in [3.63, 3.8) is 0 Å². The average molecular weight is 332 g/mol. The molecule has 2 aromatic rings. The van der Waals surface area contributed by atoms with Crippen LogP contribution < -0.4 is 5.32 Å². The first-order chi connectivity index (χ1) is 11.5. The van der Waals surface area contributed by atoms with E-state index in [2.05, 4.69) is 10.4 Å². The largest absolute Gasteiger partial charge is 0.454 e. The third kappa shape index (κ3) is 3.17. The monoisotopic (exact) mass is 332 g/mol. The molecule has 0 spiro atoms. The molecule has 0 aromatic carbocycles. The Kier molecular flexibility index (Phi) is 4.37. The molecule has 1 N–H and O–H groups in total. The second-order valence-electron chi connectivity index (χ2n) is 6.15. The molecule has 128 valence electrons. The van der Waals surface area contributed by atoms with Gasteiger partial charge in [0.1, 0.15) is 17.1 Å². The molecule has 8 heteroatoms. The van der Waals surface area contributed by atoms with Gasteiger partial charge in [0.2, 0.25) is 0 Å². The quantitative estimate of drug-likeness (QED) is 0.670. The molecule has 3 rings (SSSR count). The van der Waals surface area contributed by atoms with Crippen molar-refractivity contribution in [1.29, 1.82) is 0 Å². The first-order valence-corrected chi connectivity index (χ1v) is 8.03. The number of nitro groups is 1. The van der Waals surface area contributed by atoms with Crippen molar-refractivity contribution in [2.24, 2.45) is 0 Å². The van der Waals surface area contributed by atoms with E-state index in [-0.39, 0.29) is 29.9 Å². The summed E-state index contributed by atoms with van der Waals surface area (Å²) in [6.07, 6.45) is 4.31. The third-order valence-corrected chi connectivity index (χ3v) is 4.41. The minimum absolute atomic E-state index is 0.0146. The number of nitrogens with one attached hydrogen (secondary N) is 1. The van der Waals surface area contributed by atoms with Crippen molar-refractivity contribution >= 4 is 11.6 Å². The number of hydrogen-bond donors (Lipinski definition) is 1. The maximum absolute atomic E-state index is 12.2. The van der Waals surface area contributed by atoms with Crippen LogP contribution in [-0.2, 0) is 6.54 Å². The highest BCUT2D eigenvalue weighted by Crippen LogP contribution is 2.23. The van der Waals surface area contributed by atoms with Crippen LogP contribution in [0.25, 0.3) is 0 Å². The van der Waals surface area contributed by atoms with Crippen molar-refractivity contribution in [3.8, 4) is 0 Å². The van der Waals surface area contributed by atoms with Gasteiger partial charge in [0.15, 0.2) is 5.76 Å². The van der Waals surface area contributed by atoms with Crippen LogP contribution in [0.3, 0.4) is 0 Å². The van der Waals surface area contributed by atoms with E-state index in [1.54, 1.807) is 26.0 Å². The topological polar surface area (TPSA) is 103 Å². The van der Waals surface area contributed by atoms with Crippen LogP contribution in [0.1, 0.15) is 53.4 Å². The molecule has 0 saturated heterocycles. The van der Waals surface area contributed by atoms with Crippen LogP contribution in [0, 0.1) is 24.0 Å². The van der Waals surface area contributed by atoms with Crippen LogP contribution in [0.15, 0.2) is 16.5 Å².